The molecule has 1 amide bonds. The molecule has 0 bridgehead atoms. The van der Waals surface area contributed by atoms with Crippen LogP contribution in [0.5, 0.6) is 0 Å². The first-order chi connectivity index (χ1) is 12.9. The number of carbonyl (C=O) groups is 1. The summed E-state index contributed by atoms with van der Waals surface area (Å²) in [6.07, 6.45) is 7.30. The molecule has 1 saturated carbocycles. The van der Waals surface area contributed by atoms with Gasteiger partial charge in [0.2, 0.25) is 15.9 Å². The molecule has 0 radical (unpaired) electrons. The van der Waals surface area contributed by atoms with E-state index >= 15 is 0 Å². The molecule has 1 aliphatic carbocycles. The number of nitrogens with zero attached hydrogens (tertiary/aromatic N) is 2. The van der Waals surface area contributed by atoms with Gasteiger partial charge in [-0.25, -0.2) is 13.1 Å². The van der Waals surface area contributed by atoms with E-state index in [1.54, 1.807) is 14.0 Å². The van der Waals surface area contributed by atoms with Gasteiger partial charge in [-0.05, 0) is 32.6 Å². The second kappa shape index (κ2) is 10.8. The molecule has 2 rings (SSSR count). The summed E-state index contributed by atoms with van der Waals surface area (Å²) in [5, 5.41) is 6.59. The second-order valence-electron chi connectivity index (χ2n) is 7.40. The number of aliphatic imine (C=N–C) groups is 1. The largest absolute Gasteiger partial charge is 0.356 e. The van der Waals surface area contributed by atoms with Crippen molar-refractivity contribution in [2.75, 3.05) is 39.0 Å². The van der Waals surface area contributed by atoms with Crippen molar-refractivity contribution in [3.05, 3.63) is 0 Å². The van der Waals surface area contributed by atoms with Crippen LogP contribution in [0, 0.1) is 5.92 Å². The highest BCUT2D eigenvalue weighted by Crippen LogP contribution is 2.26. The number of sulfonamides is 1. The van der Waals surface area contributed by atoms with Crippen molar-refractivity contribution in [2.45, 2.75) is 57.9 Å². The fourth-order valence-electron chi connectivity index (χ4n) is 3.70. The fraction of sp³-hybridized carbons (Fsp3) is 0.889. The highest BCUT2D eigenvalue weighted by Gasteiger charge is 2.31. The number of carbonyl (C=O) groups excluding carboxylic acids is 1. The quantitative estimate of drug-likeness (QED) is 0.315. The first kappa shape index (κ1) is 21.9. The standard InChI is InChI=1S/C18H35N5O3S/c1-3-27(25,26)21-12-7-11-20-18(19-2)22-16-10-13-23(14-16)17(24)15-8-5-4-6-9-15/h15-16,21H,3-14H2,1-2H3,(H2,19,20,22). The first-order valence-electron chi connectivity index (χ1n) is 10.2. The Bertz CT molecular complexity index is 602. The number of amides is 1. The lowest BCUT2D eigenvalue weighted by molar-refractivity contribution is -0.135. The number of hydrogen-bond donors (Lipinski definition) is 3. The molecule has 1 atom stereocenters. The fourth-order valence-corrected chi connectivity index (χ4v) is 4.36. The van der Waals surface area contributed by atoms with E-state index < -0.39 is 10.0 Å². The van der Waals surface area contributed by atoms with Crippen LogP contribution in [0.15, 0.2) is 4.99 Å². The Hall–Kier alpha value is -1.35. The van der Waals surface area contributed by atoms with Crippen molar-refractivity contribution in [1.29, 1.82) is 0 Å². The molecule has 9 heteroatoms. The number of rotatable bonds is 8. The average Bonchev–Trinajstić information content (AvgIpc) is 3.15. The van der Waals surface area contributed by atoms with Gasteiger partial charge in [0.25, 0.3) is 0 Å². The van der Waals surface area contributed by atoms with Gasteiger partial charge in [-0.2, -0.15) is 0 Å². The van der Waals surface area contributed by atoms with E-state index in [2.05, 4.69) is 20.3 Å². The normalized spacial score (nSPS) is 22.1. The lowest BCUT2D eigenvalue weighted by Crippen LogP contribution is -2.46. The van der Waals surface area contributed by atoms with E-state index in [4.69, 9.17) is 0 Å². The maximum absolute atomic E-state index is 12.6. The third-order valence-corrected chi connectivity index (χ3v) is 6.77. The van der Waals surface area contributed by atoms with Crippen LogP contribution in [0.25, 0.3) is 0 Å². The van der Waals surface area contributed by atoms with Crippen LogP contribution in [-0.2, 0) is 14.8 Å². The highest BCUT2D eigenvalue weighted by atomic mass is 32.2. The average molecular weight is 402 g/mol. The Labute approximate surface area is 163 Å². The predicted octanol–water partition coefficient (Wildman–Crippen LogP) is 0.662. The van der Waals surface area contributed by atoms with E-state index in [9.17, 15) is 13.2 Å². The smallest absolute Gasteiger partial charge is 0.225 e. The van der Waals surface area contributed by atoms with E-state index in [0.717, 1.165) is 32.4 Å². The Balaban J connectivity index is 1.67. The van der Waals surface area contributed by atoms with E-state index in [0.29, 0.717) is 31.4 Å². The van der Waals surface area contributed by atoms with Gasteiger partial charge in [0.05, 0.1) is 5.75 Å². The summed E-state index contributed by atoms with van der Waals surface area (Å²) in [7, 11) is -1.41. The van der Waals surface area contributed by atoms with Crippen LogP contribution in [0.2, 0.25) is 0 Å². The number of nitrogens with one attached hydrogen (secondary N) is 3. The van der Waals surface area contributed by atoms with Gasteiger partial charge in [-0.1, -0.05) is 19.3 Å². The summed E-state index contributed by atoms with van der Waals surface area (Å²) in [4.78, 5) is 18.9. The molecule has 0 spiro atoms. The van der Waals surface area contributed by atoms with Crippen LogP contribution >= 0.6 is 0 Å². The van der Waals surface area contributed by atoms with Crippen LogP contribution in [-0.4, -0.2) is 70.2 Å². The van der Waals surface area contributed by atoms with Crippen molar-refractivity contribution < 1.29 is 13.2 Å². The van der Waals surface area contributed by atoms with Crippen molar-refractivity contribution in [2.24, 2.45) is 10.9 Å². The number of likely N-dealkylation sites (tertiary alicyclic amines) is 1. The third kappa shape index (κ3) is 7.29. The lowest BCUT2D eigenvalue weighted by Gasteiger charge is -2.26. The molecule has 1 unspecified atom stereocenters. The maximum Gasteiger partial charge on any atom is 0.225 e. The van der Waals surface area contributed by atoms with Crippen LogP contribution in [0.4, 0.5) is 0 Å². The Morgan fingerprint density at radius 2 is 1.89 bits per heavy atom. The molecule has 0 aromatic rings. The van der Waals surface area contributed by atoms with Crippen molar-refractivity contribution in [3.63, 3.8) is 0 Å². The highest BCUT2D eigenvalue weighted by molar-refractivity contribution is 7.89. The summed E-state index contributed by atoms with van der Waals surface area (Å²) in [6.45, 7) is 4.20. The molecule has 0 aromatic heterocycles. The molecule has 3 N–H and O–H groups in total. The maximum atomic E-state index is 12.6. The van der Waals surface area contributed by atoms with Gasteiger partial charge in [-0.15, -0.1) is 0 Å². The first-order valence-corrected chi connectivity index (χ1v) is 11.8. The summed E-state index contributed by atoms with van der Waals surface area (Å²) >= 11 is 0. The molecule has 2 fully saturated rings. The monoisotopic (exact) mass is 401 g/mol. The number of hydrogen-bond acceptors (Lipinski definition) is 4. The summed E-state index contributed by atoms with van der Waals surface area (Å²) in [5.41, 5.74) is 0. The molecule has 2 aliphatic rings. The Morgan fingerprint density at radius 1 is 1.15 bits per heavy atom. The molecule has 1 saturated heterocycles. The zero-order chi connectivity index (χ0) is 19.7. The molecular weight excluding hydrogens is 366 g/mol. The second-order valence-corrected chi connectivity index (χ2v) is 9.49. The lowest BCUT2D eigenvalue weighted by atomic mass is 9.88. The van der Waals surface area contributed by atoms with Crippen molar-refractivity contribution >= 4 is 21.9 Å². The zero-order valence-electron chi connectivity index (χ0n) is 16.7. The van der Waals surface area contributed by atoms with E-state index in [-0.39, 0.29) is 17.7 Å². The van der Waals surface area contributed by atoms with Gasteiger partial charge in [0.15, 0.2) is 5.96 Å². The molecular formula is C18H35N5O3S. The minimum Gasteiger partial charge on any atom is -0.356 e. The molecule has 0 aromatic carbocycles. The van der Waals surface area contributed by atoms with Crippen molar-refractivity contribution in [1.82, 2.24) is 20.3 Å². The van der Waals surface area contributed by atoms with Gasteiger partial charge in [-0.3, -0.25) is 9.79 Å². The van der Waals surface area contributed by atoms with Crippen LogP contribution in [0.3, 0.4) is 0 Å². The minimum atomic E-state index is -3.13. The van der Waals surface area contributed by atoms with Gasteiger partial charge in [0, 0.05) is 45.2 Å². The topological polar surface area (TPSA) is 103 Å². The molecule has 1 heterocycles. The Kier molecular flexibility index (Phi) is 8.82. The molecule has 27 heavy (non-hydrogen) atoms. The molecule has 1 aliphatic heterocycles. The van der Waals surface area contributed by atoms with Crippen molar-refractivity contribution in [3.8, 4) is 0 Å². The predicted molar refractivity (Wildman–Crippen MR) is 108 cm³/mol. The number of guanidine groups is 1. The third-order valence-electron chi connectivity index (χ3n) is 5.37. The minimum absolute atomic E-state index is 0.0986. The summed E-state index contributed by atoms with van der Waals surface area (Å²) < 4.78 is 25.3. The summed E-state index contributed by atoms with van der Waals surface area (Å²) in [6, 6.07) is 0.210. The van der Waals surface area contributed by atoms with Crippen LogP contribution < -0.4 is 15.4 Å². The summed E-state index contributed by atoms with van der Waals surface area (Å²) in [5.74, 6) is 1.35. The molecule has 8 nitrogen and oxygen atoms in total. The Morgan fingerprint density at radius 3 is 2.56 bits per heavy atom. The van der Waals surface area contributed by atoms with Gasteiger partial charge in [0.1, 0.15) is 0 Å². The van der Waals surface area contributed by atoms with Crippen LogP contribution in [0.1, 0.15) is 51.9 Å². The SMILES string of the molecule is CCS(=O)(=O)NCCCNC(=NC)NC1CCN(C(=O)C2CCCCC2)C1. The zero-order valence-corrected chi connectivity index (χ0v) is 17.5. The van der Waals surface area contributed by atoms with E-state index in [1.807, 2.05) is 4.90 Å². The van der Waals surface area contributed by atoms with Gasteiger partial charge >= 0.3 is 0 Å². The van der Waals surface area contributed by atoms with E-state index in [1.165, 1.54) is 19.3 Å². The molecule has 156 valence electrons. The van der Waals surface area contributed by atoms with Gasteiger partial charge < -0.3 is 15.5 Å².